The first-order chi connectivity index (χ1) is 14.6. The summed E-state index contributed by atoms with van der Waals surface area (Å²) in [6.07, 6.45) is -3.64. The van der Waals surface area contributed by atoms with E-state index in [4.69, 9.17) is 9.47 Å². The number of carbonyl (C=O) groups excluding carboxylic acids is 1. The van der Waals surface area contributed by atoms with Crippen LogP contribution in [-0.2, 0) is 6.18 Å². The number of hydrogen-bond acceptors (Lipinski definition) is 4. The van der Waals surface area contributed by atoms with Crippen LogP contribution >= 0.6 is 0 Å². The second-order valence-electron chi connectivity index (χ2n) is 6.48. The maximum absolute atomic E-state index is 13.7. The molecule has 0 fully saturated rings. The number of ether oxygens (including phenoxy) is 2. The van der Waals surface area contributed by atoms with Gasteiger partial charge in [0.2, 0.25) is 5.56 Å². The summed E-state index contributed by atoms with van der Waals surface area (Å²) in [4.78, 5) is 26.6. The lowest BCUT2D eigenvalue weighted by atomic mass is 10.0. The van der Waals surface area contributed by atoms with Crippen LogP contribution in [0.3, 0.4) is 0 Å². The first-order valence-electron chi connectivity index (χ1n) is 8.82. The lowest BCUT2D eigenvalue weighted by Crippen LogP contribution is -2.21. The van der Waals surface area contributed by atoms with E-state index in [0.29, 0.717) is 0 Å². The van der Waals surface area contributed by atoms with Crippen LogP contribution < -0.4 is 20.3 Å². The molecule has 3 rings (SSSR count). The Bertz CT molecular complexity index is 1190. The predicted octanol–water partition coefficient (Wildman–Crippen LogP) is 4.89. The van der Waals surface area contributed by atoms with Crippen molar-refractivity contribution in [3.63, 3.8) is 0 Å². The largest absolute Gasteiger partial charge is 0.493 e. The Labute approximate surface area is 173 Å². The van der Waals surface area contributed by atoms with Crippen molar-refractivity contribution in [2.45, 2.75) is 13.1 Å². The van der Waals surface area contributed by atoms with Gasteiger partial charge in [-0.15, -0.1) is 0 Å². The first-order valence-corrected chi connectivity index (χ1v) is 8.82. The summed E-state index contributed by atoms with van der Waals surface area (Å²) >= 11 is 0. The molecule has 0 atom stereocenters. The van der Waals surface area contributed by atoms with Crippen LogP contribution in [-0.4, -0.2) is 18.0 Å². The molecule has 0 aliphatic heterocycles. The monoisotopic (exact) mass is 436 g/mol. The molecule has 0 radical (unpaired) electrons. The van der Waals surface area contributed by atoms with E-state index < -0.39 is 40.3 Å². The third-order valence-corrected chi connectivity index (χ3v) is 4.16. The van der Waals surface area contributed by atoms with Crippen molar-refractivity contribution < 1.29 is 31.8 Å². The fourth-order valence-electron chi connectivity index (χ4n) is 2.85. The minimum absolute atomic E-state index is 0.00670. The highest BCUT2D eigenvalue weighted by Gasteiger charge is 2.38. The molecule has 2 aromatic carbocycles. The van der Waals surface area contributed by atoms with Crippen molar-refractivity contribution in [3.8, 4) is 17.2 Å². The Morgan fingerprint density at radius 2 is 1.77 bits per heavy atom. The van der Waals surface area contributed by atoms with E-state index in [1.807, 2.05) is 0 Å². The number of nitrogens with one attached hydrogen (secondary N) is 2. The Morgan fingerprint density at radius 1 is 1.03 bits per heavy atom. The summed E-state index contributed by atoms with van der Waals surface area (Å²) in [6.45, 7) is 1.41. The number of amides is 1. The minimum atomic E-state index is -4.88. The lowest BCUT2D eigenvalue weighted by molar-refractivity contribution is -0.138. The van der Waals surface area contributed by atoms with E-state index in [0.717, 1.165) is 24.3 Å². The summed E-state index contributed by atoms with van der Waals surface area (Å²) in [7, 11) is 1.24. The number of halogens is 4. The highest BCUT2D eigenvalue weighted by atomic mass is 19.4. The molecule has 1 amide bonds. The summed E-state index contributed by atoms with van der Waals surface area (Å²) in [5, 5.41) is 2.26. The molecule has 0 saturated carbocycles. The fraction of sp³-hybridized carbons (Fsp3) is 0.143. The maximum Gasteiger partial charge on any atom is 0.417 e. The number of benzene rings is 2. The third kappa shape index (κ3) is 5.03. The molecule has 1 heterocycles. The highest BCUT2D eigenvalue weighted by molar-refractivity contribution is 6.07. The van der Waals surface area contributed by atoms with Gasteiger partial charge in [-0.3, -0.25) is 9.59 Å². The van der Waals surface area contributed by atoms with Crippen molar-refractivity contribution >= 4 is 11.6 Å². The molecule has 0 saturated heterocycles. The van der Waals surface area contributed by atoms with Gasteiger partial charge in [0.05, 0.1) is 18.2 Å². The summed E-state index contributed by atoms with van der Waals surface area (Å²) in [5.41, 5.74) is -2.41. The number of methoxy groups -OCH3 is 1. The molecule has 162 valence electrons. The Morgan fingerprint density at radius 3 is 2.42 bits per heavy atom. The van der Waals surface area contributed by atoms with Crippen molar-refractivity contribution in [2.24, 2.45) is 0 Å². The first kappa shape index (κ1) is 21.9. The molecule has 0 bridgehead atoms. The van der Waals surface area contributed by atoms with Gasteiger partial charge in [-0.05, 0) is 42.8 Å². The molecule has 1 aromatic heterocycles. The molecule has 10 heteroatoms. The Hall–Kier alpha value is -3.82. The molecule has 6 nitrogen and oxygen atoms in total. The number of aryl methyl sites for hydroxylation is 1. The van der Waals surface area contributed by atoms with E-state index >= 15 is 0 Å². The van der Waals surface area contributed by atoms with Gasteiger partial charge in [0.25, 0.3) is 5.91 Å². The Balaban J connectivity index is 2.13. The average molecular weight is 436 g/mol. The molecule has 0 aliphatic rings. The van der Waals surface area contributed by atoms with Gasteiger partial charge in [-0.1, -0.05) is 0 Å². The highest BCUT2D eigenvalue weighted by Crippen LogP contribution is 2.40. The second-order valence-corrected chi connectivity index (χ2v) is 6.48. The van der Waals surface area contributed by atoms with E-state index in [9.17, 15) is 27.2 Å². The molecule has 31 heavy (non-hydrogen) atoms. The van der Waals surface area contributed by atoms with Crippen molar-refractivity contribution in [2.75, 3.05) is 12.4 Å². The normalized spacial score (nSPS) is 11.2. The SMILES string of the molecule is COc1cc(F)ccc1Oc1cc(C)cc(C(F)(F)F)c1C(=O)Nc1cc[nH]c(=O)c1. The maximum atomic E-state index is 13.7. The lowest BCUT2D eigenvalue weighted by Gasteiger charge is -2.19. The number of aromatic nitrogens is 1. The van der Waals surface area contributed by atoms with Crippen molar-refractivity contribution in [3.05, 3.63) is 81.5 Å². The zero-order valence-corrected chi connectivity index (χ0v) is 16.3. The molecule has 0 aliphatic carbocycles. The van der Waals surface area contributed by atoms with Crippen LogP contribution in [0, 0.1) is 12.7 Å². The van der Waals surface area contributed by atoms with Crippen molar-refractivity contribution in [1.82, 2.24) is 4.98 Å². The van der Waals surface area contributed by atoms with E-state index in [-0.39, 0.29) is 22.7 Å². The number of rotatable bonds is 5. The van der Waals surface area contributed by atoms with Gasteiger partial charge in [-0.25, -0.2) is 4.39 Å². The van der Waals surface area contributed by atoms with Gasteiger partial charge >= 0.3 is 6.18 Å². The quantitative estimate of drug-likeness (QED) is 0.558. The number of carbonyl (C=O) groups is 1. The number of hydrogen-bond donors (Lipinski definition) is 2. The molecular formula is C21H16F4N2O4. The predicted molar refractivity (Wildman–Crippen MR) is 104 cm³/mol. The zero-order valence-electron chi connectivity index (χ0n) is 16.3. The van der Waals surface area contributed by atoms with Gasteiger partial charge in [0.1, 0.15) is 11.6 Å². The van der Waals surface area contributed by atoms with Gasteiger partial charge in [0.15, 0.2) is 11.5 Å². The number of pyridine rings is 1. The average Bonchev–Trinajstić information content (AvgIpc) is 2.68. The summed E-state index contributed by atoms with van der Waals surface area (Å²) in [6, 6.07) is 7.57. The van der Waals surface area contributed by atoms with E-state index in [1.165, 1.54) is 38.4 Å². The van der Waals surface area contributed by atoms with Crippen LogP contribution in [0.25, 0.3) is 0 Å². The zero-order chi connectivity index (χ0) is 22.8. The minimum Gasteiger partial charge on any atom is -0.493 e. The smallest absolute Gasteiger partial charge is 0.417 e. The van der Waals surface area contributed by atoms with Gasteiger partial charge < -0.3 is 19.8 Å². The van der Waals surface area contributed by atoms with Crippen LogP contribution in [0.2, 0.25) is 0 Å². The number of H-pyrrole nitrogens is 1. The molecule has 2 N–H and O–H groups in total. The van der Waals surface area contributed by atoms with Gasteiger partial charge in [0, 0.05) is 24.0 Å². The number of alkyl halides is 3. The third-order valence-electron chi connectivity index (χ3n) is 4.16. The molecule has 0 spiro atoms. The van der Waals surface area contributed by atoms with E-state index in [1.54, 1.807) is 0 Å². The van der Waals surface area contributed by atoms with Crippen LogP contribution in [0.5, 0.6) is 17.2 Å². The van der Waals surface area contributed by atoms with Crippen LogP contribution in [0.1, 0.15) is 21.5 Å². The topological polar surface area (TPSA) is 80.4 Å². The van der Waals surface area contributed by atoms with Crippen molar-refractivity contribution in [1.29, 1.82) is 0 Å². The molecular weight excluding hydrogens is 420 g/mol. The Kier molecular flexibility index (Phi) is 6.00. The van der Waals surface area contributed by atoms with E-state index in [2.05, 4.69) is 10.3 Å². The molecule has 0 unspecified atom stereocenters. The van der Waals surface area contributed by atoms with Gasteiger partial charge in [-0.2, -0.15) is 13.2 Å². The summed E-state index contributed by atoms with van der Waals surface area (Å²) < 4.78 is 65.3. The van der Waals surface area contributed by atoms with Crippen LogP contribution in [0.4, 0.5) is 23.2 Å². The number of anilines is 1. The molecule has 3 aromatic rings. The summed E-state index contributed by atoms with van der Waals surface area (Å²) in [5.74, 6) is -2.37. The fourth-order valence-corrected chi connectivity index (χ4v) is 2.85. The van der Waals surface area contributed by atoms with Crippen LogP contribution in [0.15, 0.2) is 53.5 Å². The standard InChI is InChI=1S/C21H16F4N2O4/c1-11-7-14(21(23,24)25)19(20(29)27-13-5-6-26-18(28)10-13)17(8-11)31-15-4-3-12(22)9-16(15)30-2/h3-10H,1-2H3,(H2,26,27,28,29). The second kappa shape index (κ2) is 8.50. The number of aromatic amines is 1.